The van der Waals surface area contributed by atoms with Crippen molar-refractivity contribution in [1.82, 2.24) is 0 Å². The second-order valence-electron chi connectivity index (χ2n) is 2.07. The topological polar surface area (TPSA) is 26.0 Å². The molecule has 0 aromatic rings. The molecule has 0 aromatic heterocycles. The van der Waals surface area contributed by atoms with Crippen LogP contribution in [0.25, 0.3) is 0 Å². The SMILES string of the molecule is CCCC(CN)CS. The molecule has 8 heavy (non-hydrogen) atoms. The van der Waals surface area contributed by atoms with Gasteiger partial charge in [0.2, 0.25) is 0 Å². The minimum Gasteiger partial charge on any atom is -0.330 e. The van der Waals surface area contributed by atoms with Crippen LogP contribution < -0.4 is 5.73 Å². The predicted octanol–water partition coefficient (Wildman–Crippen LogP) is 1.29. The van der Waals surface area contributed by atoms with Gasteiger partial charge in [-0.1, -0.05) is 13.3 Å². The van der Waals surface area contributed by atoms with E-state index in [9.17, 15) is 0 Å². The first-order valence-corrected chi connectivity index (χ1v) is 3.79. The molecule has 0 rings (SSSR count). The van der Waals surface area contributed by atoms with Crippen LogP contribution in [-0.4, -0.2) is 12.3 Å². The maximum atomic E-state index is 5.42. The molecule has 0 aliphatic carbocycles. The van der Waals surface area contributed by atoms with Gasteiger partial charge in [-0.2, -0.15) is 12.6 Å². The molecule has 0 spiro atoms. The fourth-order valence-corrected chi connectivity index (χ4v) is 1.02. The second kappa shape index (κ2) is 5.45. The molecule has 0 aliphatic rings. The summed E-state index contributed by atoms with van der Waals surface area (Å²) in [6.45, 7) is 2.96. The van der Waals surface area contributed by atoms with E-state index in [1.165, 1.54) is 12.8 Å². The lowest BCUT2D eigenvalue weighted by Gasteiger charge is -2.07. The van der Waals surface area contributed by atoms with E-state index in [1.807, 2.05) is 0 Å². The molecule has 2 N–H and O–H groups in total. The van der Waals surface area contributed by atoms with Crippen molar-refractivity contribution in [1.29, 1.82) is 0 Å². The van der Waals surface area contributed by atoms with Crippen LogP contribution in [0.5, 0.6) is 0 Å². The summed E-state index contributed by atoms with van der Waals surface area (Å²) >= 11 is 4.15. The molecule has 0 bridgehead atoms. The molecule has 1 atom stereocenters. The second-order valence-corrected chi connectivity index (χ2v) is 2.44. The zero-order chi connectivity index (χ0) is 6.41. The molecule has 0 saturated heterocycles. The van der Waals surface area contributed by atoms with Crippen LogP contribution in [0.4, 0.5) is 0 Å². The molecule has 0 aromatic carbocycles. The first kappa shape index (κ1) is 8.31. The Morgan fingerprint density at radius 1 is 1.62 bits per heavy atom. The first-order chi connectivity index (χ1) is 3.85. The maximum Gasteiger partial charge on any atom is -0.00411 e. The van der Waals surface area contributed by atoms with Crippen LogP contribution >= 0.6 is 12.6 Å². The summed E-state index contributed by atoms with van der Waals surface area (Å²) in [5.41, 5.74) is 5.42. The molecule has 50 valence electrons. The summed E-state index contributed by atoms with van der Waals surface area (Å²) in [6, 6.07) is 0. The van der Waals surface area contributed by atoms with Gasteiger partial charge in [-0.15, -0.1) is 0 Å². The Morgan fingerprint density at radius 3 is 2.38 bits per heavy atom. The van der Waals surface area contributed by atoms with Gasteiger partial charge < -0.3 is 5.73 Å². The average molecular weight is 133 g/mol. The number of thiol groups is 1. The van der Waals surface area contributed by atoms with E-state index in [2.05, 4.69) is 19.6 Å². The highest BCUT2D eigenvalue weighted by Crippen LogP contribution is 2.04. The Bertz CT molecular complexity index is 43.8. The number of hydrogen-bond donors (Lipinski definition) is 2. The van der Waals surface area contributed by atoms with Gasteiger partial charge in [0.1, 0.15) is 0 Å². The van der Waals surface area contributed by atoms with Gasteiger partial charge in [0.05, 0.1) is 0 Å². The van der Waals surface area contributed by atoms with Crippen molar-refractivity contribution in [3.05, 3.63) is 0 Å². The highest BCUT2D eigenvalue weighted by molar-refractivity contribution is 7.80. The molecule has 1 nitrogen and oxygen atoms in total. The number of nitrogens with two attached hydrogens (primary N) is 1. The molecule has 0 fully saturated rings. The summed E-state index contributed by atoms with van der Waals surface area (Å²) in [5, 5.41) is 0. The minimum absolute atomic E-state index is 0.642. The maximum absolute atomic E-state index is 5.42. The largest absolute Gasteiger partial charge is 0.330 e. The third-order valence-corrected chi connectivity index (χ3v) is 1.80. The van der Waals surface area contributed by atoms with Crippen molar-refractivity contribution >= 4 is 12.6 Å². The van der Waals surface area contributed by atoms with Gasteiger partial charge in [0.15, 0.2) is 0 Å². The fraction of sp³-hybridized carbons (Fsp3) is 1.00. The molecule has 0 amide bonds. The van der Waals surface area contributed by atoms with Crippen molar-refractivity contribution in [2.24, 2.45) is 11.7 Å². The smallest absolute Gasteiger partial charge is 0.00411 e. The van der Waals surface area contributed by atoms with Gasteiger partial charge in [-0.3, -0.25) is 0 Å². The molecule has 0 saturated carbocycles. The fourth-order valence-electron chi connectivity index (χ4n) is 0.692. The van der Waals surface area contributed by atoms with E-state index in [1.54, 1.807) is 0 Å². The zero-order valence-corrected chi connectivity index (χ0v) is 6.32. The third-order valence-electron chi connectivity index (χ3n) is 1.29. The summed E-state index contributed by atoms with van der Waals surface area (Å²) in [4.78, 5) is 0. The van der Waals surface area contributed by atoms with Crippen LogP contribution in [0.15, 0.2) is 0 Å². The third kappa shape index (κ3) is 3.33. The van der Waals surface area contributed by atoms with Gasteiger partial charge in [0, 0.05) is 0 Å². The van der Waals surface area contributed by atoms with Crippen molar-refractivity contribution < 1.29 is 0 Å². The molecule has 0 heterocycles. The number of hydrogen-bond acceptors (Lipinski definition) is 2. The van der Waals surface area contributed by atoms with Crippen LogP contribution in [-0.2, 0) is 0 Å². The predicted molar refractivity (Wildman–Crippen MR) is 41.3 cm³/mol. The minimum atomic E-state index is 0.642. The molecule has 2 heteroatoms. The van der Waals surface area contributed by atoms with Crippen molar-refractivity contribution in [3.63, 3.8) is 0 Å². The first-order valence-electron chi connectivity index (χ1n) is 3.16. The zero-order valence-electron chi connectivity index (χ0n) is 5.43. The van der Waals surface area contributed by atoms with Crippen LogP contribution in [0, 0.1) is 5.92 Å². The lowest BCUT2D eigenvalue weighted by atomic mass is 10.1. The average Bonchev–Trinajstić information content (AvgIpc) is 1.83. The lowest BCUT2D eigenvalue weighted by Crippen LogP contribution is -2.15. The molecule has 1 unspecified atom stereocenters. The molecular weight excluding hydrogens is 118 g/mol. The summed E-state index contributed by atoms with van der Waals surface area (Å²) in [5.74, 6) is 1.58. The van der Waals surface area contributed by atoms with Gasteiger partial charge in [-0.05, 0) is 24.6 Å². The summed E-state index contributed by atoms with van der Waals surface area (Å²) in [7, 11) is 0. The Hall–Kier alpha value is 0.310. The van der Waals surface area contributed by atoms with Crippen molar-refractivity contribution in [2.75, 3.05) is 12.3 Å². The summed E-state index contributed by atoms with van der Waals surface area (Å²) < 4.78 is 0. The monoisotopic (exact) mass is 133 g/mol. The van der Waals surface area contributed by atoms with E-state index < -0.39 is 0 Å². The van der Waals surface area contributed by atoms with Crippen LogP contribution in [0.3, 0.4) is 0 Å². The standard InChI is InChI=1S/C6H15NS/c1-2-3-6(4-7)5-8/h6,8H,2-5,7H2,1H3. The van der Waals surface area contributed by atoms with E-state index in [0.29, 0.717) is 5.92 Å². The normalized spacial score (nSPS) is 13.9. The van der Waals surface area contributed by atoms with Gasteiger partial charge in [-0.25, -0.2) is 0 Å². The Labute approximate surface area is 57.1 Å². The molecule has 0 aliphatic heterocycles. The lowest BCUT2D eigenvalue weighted by molar-refractivity contribution is 0.546. The Morgan fingerprint density at radius 2 is 2.25 bits per heavy atom. The van der Waals surface area contributed by atoms with Crippen LogP contribution in [0.1, 0.15) is 19.8 Å². The molecule has 0 radical (unpaired) electrons. The van der Waals surface area contributed by atoms with E-state index in [4.69, 9.17) is 5.73 Å². The highest BCUT2D eigenvalue weighted by Gasteiger charge is 1.99. The van der Waals surface area contributed by atoms with Gasteiger partial charge in [0.25, 0.3) is 0 Å². The van der Waals surface area contributed by atoms with Crippen molar-refractivity contribution in [2.45, 2.75) is 19.8 Å². The van der Waals surface area contributed by atoms with Crippen molar-refractivity contribution in [3.8, 4) is 0 Å². The summed E-state index contributed by atoms with van der Waals surface area (Å²) in [6.07, 6.45) is 2.45. The van der Waals surface area contributed by atoms with Crippen LogP contribution in [0.2, 0.25) is 0 Å². The Kier molecular flexibility index (Phi) is 5.66. The Balaban J connectivity index is 3.07. The molecular formula is C6H15NS. The quantitative estimate of drug-likeness (QED) is 0.555. The van der Waals surface area contributed by atoms with E-state index >= 15 is 0 Å². The van der Waals surface area contributed by atoms with E-state index in [0.717, 1.165) is 12.3 Å². The highest BCUT2D eigenvalue weighted by atomic mass is 32.1. The van der Waals surface area contributed by atoms with Gasteiger partial charge >= 0.3 is 0 Å². The van der Waals surface area contributed by atoms with E-state index in [-0.39, 0.29) is 0 Å². The number of rotatable bonds is 4.